The molecular formula is C11H15ClN2O. The second-order valence-corrected chi connectivity index (χ2v) is 4.58. The van der Waals surface area contributed by atoms with E-state index in [0.29, 0.717) is 11.0 Å². The van der Waals surface area contributed by atoms with Crippen LogP contribution in [0.5, 0.6) is 5.88 Å². The smallest absolute Gasteiger partial charge is 0.234 e. The number of rotatable bonds is 2. The van der Waals surface area contributed by atoms with Gasteiger partial charge in [-0.05, 0) is 25.2 Å². The van der Waals surface area contributed by atoms with Crippen LogP contribution in [0.4, 0.5) is 0 Å². The van der Waals surface area contributed by atoms with Crippen LogP contribution < -0.4 is 4.74 Å². The van der Waals surface area contributed by atoms with E-state index in [0.717, 1.165) is 18.8 Å². The second-order valence-electron chi connectivity index (χ2n) is 4.19. The first-order valence-corrected chi connectivity index (χ1v) is 5.76. The van der Waals surface area contributed by atoms with Gasteiger partial charge in [0.05, 0.1) is 12.4 Å². The lowest BCUT2D eigenvalue weighted by molar-refractivity contribution is 0.123. The summed E-state index contributed by atoms with van der Waals surface area (Å²) in [6, 6.07) is 0. The second kappa shape index (κ2) is 4.79. The fraction of sp³-hybridized carbons (Fsp3) is 0.636. The van der Waals surface area contributed by atoms with Crippen LogP contribution in [-0.4, -0.2) is 16.1 Å². The predicted molar refractivity (Wildman–Crippen MR) is 59.1 cm³/mol. The van der Waals surface area contributed by atoms with E-state index in [2.05, 4.69) is 16.9 Å². The lowest BCUT2D eigenvalue weighted by Crippen LogP contribution is -2.24. The van der Waals surface area contributed by atoms with Gasteiger partial charge < -0.3 is 4.74 Å². The summed E-state index contributed by atoms with van der Waals surface area (Å²) in [6.45, 7) is 2.26. The first-order valence-electron chi connectivity index (χ1n) is 5.38. The molecule has 2 unspecified atom stereocenters. The molecule has 0 N–H and O–H groups in total. The number of ether oxygens (including phenoxy) is 1. The van der Waals surface area contributed by atoms with Crippen molar-refractivity contribution in [2.24, 2.45) is 5.92 Å². The van der Waals surface area contributed by atoms with Crippen molar-refractivity contribution in [2.45, 2.75) is 38.7 Å². The zero-order valence-electron chi connectivity index (χ0n) is 8.82. The Morgan fingerprint density at radius 2 is 2.27 bits per heavy atom. The predicted octanol–water partition coefficient (Wildman–Crippen LogP) is 3.09. The van der Waals surface area contributed by atoms with Gasteiger partial charge in [-0.15, -0.1) is 0 Å². The maximum atomic E-state index is 5.75. The summed E-state index contributed by atoms with van der Waals surface area (Å²) in [4.78, 5) is 8.02. The van der Waals surface area contributed by atoms with Crippen molar-refractivity contribution in [3.8, 4) is 5.88 Å². The number of hydrogen-bond donors (Lipinski definition) is 0. The molecule has 3 nitrogen and oxygen atoms in total. The van der Waals surface area contributed by atoms with Crippen molar-refractivity contribution >= 4 is 11.6 Å². The molecule has 1 aliphatic carbocycles. The molecule has 1 aromatic heterocycles. The van der Waals surface area contributed by atoms with E-state index in [1.807, 2.05) is 0 Å². The molecule has 15 heavy (non-hydrogen) atoms. The molecule has 0 aliphatic heterocycles. The minimum atomic E-state index is 0.279. The van der Waals surface area contributed by atoms with Gasteiger partial charge in [-0.3, -0.25) is 4.98 Å². The molecule has 0 bridgehead atoms. The van der Waals surface area contributed by atoms with E-state index in [4.69, 9.17) is 16.3 Å². The third-order valence-electron chi connectivity index (χ3n) is 2.76. The summed E-state index contributed by atoms with van der Waals surface area (Å²) in [5, 5.41) is 0.386. The molecule has 4 heteroatoms. The lowest BCUT2D eigenvalue weighted by Gasteiger charge is -2.26. The fourth-order valence-corrected chi connectivity index (χ4v) is 2.18. The molecule has 1 aliphatic rings. The first kappa shape index (κ1) is 10.7. The van der Waals surface area contributed by atoms with Gasteiger partial charge in [0, 0.05) is 0 Å². The molecule has 0 radical (unpaired) electrons. The van der Waals surface area contributed by atoms with E-state index in [9.17, 15) is 0 Å². The topological polar surface area (TPSA) is 35.0 Å². The van der Waals surface area contributed by atoms with Gasteiger partial charge >= 0.3 is 0 Å². The molecule has 0 amide bonds. The Labute approximate surface area is 94.8 Å². The first-order chi connectivity index (χ1) is 7.24. The molecule has 0 aromatic carbocycles. The Balaban J connectivity index is 1.96. The van der Waals surface area contributed by atoms with Crippen LogP contribution in [0, 0.1) is 5.92 Å². The van der Waals surface area contributed by atoms with Crippen molar-refractivity contribution in [1.82, 2.24) is 9.97 Å². The molecular weight excluding hydrogens is 212 g/mol. The van der Waals surface area contributed by atoms with Gasteiger partial charge in [0.25, 0.3) is 0 Å². The van der Waals surface area contributed by atoms with Crippen molar-refractivity contribution in [1.29, 1.82) is 0 Å². The highest BCUT2D eigenvalue weighted by molar-refractivity contribution is 6.29. The minimum absolute atomic E-state index is 0.279. The third-order valence-corrected chi connectivity index (χ3v) is 2.94. The normalized spacial score (nSPS) is 26.3. The zero-order valence-corrected chi connectivity index (χ0v) is 9.57. The van der Waals surface area contributed by atoms with Crippen LogP contribution in [0.1, 0.15) is 32.6 Å². The molecule has 0 saturated heterocycles. The minimum Gasteiger partial charge on any atom is -0.473 e. The standard InChI is InChI=1S/C11H15ClN2O/c1-8-3-2-4-9(5-8)15-11-7-13-6-10(12)14-11/h6-9H,2-5H2,1H3. The number of nitrogens with zero attached hydrogens (tertiary/aromatic N) is 2. The van der Waals surface area contributed by atoms with E-state index < -0.39 is 0 Å². The van der Waals surface area contributed by atoms with Gasteiger partial charge in [-0.1, -0.05) is 24.9 Å². The molecule has 1 aromatic rings. The summed E-state index contributed by atoms with van der Waals surface area (Å²) in [7, 11) is 0. The Morgan fingerprint density at radius 1 is 1.40 bits per heavy atom. The Bertz CT molecular complexity index is 332. The fourth-order valence-electron chi connectivity index (χ4n) is 2.04. The SMILES string of the molecule is CC1CCCC(Oc2cncc(Cl)n2)C1. The van der Waals surface area contributed by atoms with Crippen molar-refractivity contribution < 1.29 is 4.74 Å². The van der Waals surface area contributed by atoms with Crippen LogP contribution in [0.3, 0.4) is 0 Å². The van der Waals surface area contributed by atoms with E-state index >= 15 is 0 Å². The van der Waals surface area contributed by atoms with Crippen molar-refractivity contribution in [2.75, 3.05) is 0 Å². The molecule has 0 spiro atoms. The Kier molecular flexibility index (Phi) is 3.41. The van der Waals surface area contributed by atoms with Gasteiger partial charge in [0.1, 0.15) is 6.10 Å². The maximum absolute atomic E-state index is 5.75. The number of aromatic nitrogens is 2. The van der Waals surface area contributed by atoms with Gasteiger partial charge in [-0.25, -0.2) is 0 Å². The molecule has 1 saturated carbocycles. The summed E-state index contributed by atoms with van der Waals surface area (Å²) in [5.74, 6) is 1.29. The van der Waals surface area contributed by atoms with E-state index in [1.165, 1.54) is 19.0 Å². The average Bonchev–Trinajstić information content (AvgIpc) is 2.17. The summed E-state index contributed by atoms with van der Waals surface area (Å²) >= 11 is 5.74. The highest BCUT2D eigenvalue weighted by Gasteiger charge is 2.20. The lowest BCUT2D eigenvalue weighted by atomic mass is 9.89. The van der Waals surface area contributed by atoms with Crippen molar-refractivity contribution in [3.63, 3.8) is 0 Å². The largest absolute Gasteiger partial charge is 0.473 e. The van der Waals surface area contributed by atoms with E-state index in [-0.39, 0.29) is 6.10 Å². The molecule has 82 valence electrons. The number of halogens is 1. The summed E-state index contributed by atoms with van der Waals surface area (Å²) in [6.07, 6.45) is 8.16. The maximum Gasteiger partial charge on any atom is 0.234 e. The van der Waals surface area contributed by atoms with Gasteiger partial charge in [0.15, 0.2) is 5.15 Å². The molecule has 2 atom stereocenters. The van der Waals surface area contributed by atoms with Crippen LogP contribution in [0.15, 0.2) is 12.4 Å². The van der Waals surface area contributed by atoms with Gasteiger partial charge in [-0.2, -0.15) is 4.98 Å². The molecule has 1 heterocycles. The van der Waals surface area contributed by atoms with Crippen LogP contribution >= 0.6 is 11.6 Å². The van der Waals surface area contributed by atoms with Gasteiger partial charge in [0.2, 0.25) is 5.88 Å². The summed E-state index contributed by atoms with van der Waals surface area (Å²) in [5.41, 5.74) is 0. The monoisotopic (exact) mass is 226 g/mol. The third kappa shape index (κ3) is 3.06. The average molecular weight is 227 g/mol. The zero-order chi connectivity index (χ0) is 10.7. The van der Waals surface area contributed by atoms with Crippen molar-refractivity contribution in [3.05, 3.63) is 17.5 Å². The van der Waals surface area contributed by atoms with E-state index in [1.54, 1.807) is 6.20 Å². The van der Waals surface area contributed by atoms with Crippen LogP contribution in [-0.2, 0) is 0 Å². The molecule has 1 fully saturated rings. The summed E-state index contributed by atoms with van der Waals surface area (Å²) < 4.78 is 5.75. The van der Waals surface area contributed by atoms with Crippen LogP contribution in [0.2, 0.25) is 5.15 Å². The number of hydrogen-bond acceptors (Lipinski definition) is 3. The Hall–Kier alpha value is -0.830. The highest BCUT2D eigenvalue weighted by Crippen LogP contribution is 2.26. The highest BCUT2D eigenvalue weighted by atomic mass is 35.5. The quantitative estimate of drug-likeness (QED) is 0.778. The van der Waals surface area contributed by atoms with Crippen LogP contribution in [0.25, 0.3) is 0 Å². The Morgan fingerprint density at radius 3 is 3.00 bits per heavy atom. The molecule has 2 rings (SSSR count).